The highest BCUT2D eigenvalue weighted by atomic mass is 79.9. The molecule has 0 N–H and O–H groups in total. The number of esters is 1. The number of aryl methyl sites for hydroxylation is 1. The Morgan fingerprint density at radius 3 is 2.80 bits per heavy atom. The van der Waals surface area contributed by atoms with E-state index >= 15 is 0 Å². The van der Waals surface area contributed by atoms with Crippen LogP contribution in [0.3, 0.4) is 0 Å². The summed E-state index contributed by atoms with van der Waals surface area (Å²) < 4.78 is 12.6. The molecule has 0 fully saturated rings. The summed E-state index contributed by atoms with van der Waals surface area (Å²) in [6.07, 6.45) is 2.97. The van der Waals surface area contributed by atoms with Crippen LogP contribution in [0, 0.1) is 0 Å². The molecule has 3 aromatic rings. The summed E-state index contributed by atoms with van der Waals surface area (Å²) in [5, 5.41) is 4.88. The molecular weight excluding hydrogens is 450 g/mol. The monoisotopic (exact) mass is 471 g/mol. The lowest BCUT2D eigenvalue weighted by Gasteiger charge is -2.10. The number of nitrogens with zero attached hydrogens (tertiary/aromatic N) is 3. The van der Waals surface area contributed by atoms with Crippen molar-refractivity contribution in [1.29, 1.82) is 0 Å². The first kappa shape index (κ1) is 21.7. The van der Waals surface area contributed by atoms with Gasteiger partial charge in [-0.2, -0.15) is 9.78 Å². The zero-order valence-electron chi connectivity index (χ0n) is 16.8. The van der Waals surface area contributed by atoms with Crippen molar-refractivity contribution in [2.24, 2.45) is 5.10 Å². The number of aromatic nitrogens is 2. The number of carbonyl (C=O) groups excluding carboxylic acids is 1. The van der Waals surface area contributed by atoms with Gasteiger partial charge in [0.2, 0.25) is 0 Å². The summed E-state index contributed by atoms with van der Waals surface area (Å²) in [5.74, 6) is 0.601. The maximum Gasteiger partial charge on any atom is 0.344 e. The van der Waals surface area contributed by atoms with Crippen LogP contribution in [0.25, 0.3) is 10.9 Å². The van der Waals surface area contributed by atoms with Gasteiger partial charge in [-0.15, -0.1) is 0 Å². The van der Waals surface area contributed by atoms with Crippen molar-refractivity contribution < 1.29 is 14.3 Å². The number of rotatable bonds is 8. The van der Waals surface area contributed by atoms with Gasteiger partial charge in [-0.05, 0) is 43.7 Å². The number of ether oxygens (including phenoxy) is 2. The highest BCUT2D eigenvalue weighted by Crippen LogP contribution is 2.18. The quantitative estimate of drug-likeness (QED) is 0.367. The Kier molecular flexibility index (Phi) is 7.35. The number of hydrogen-bond acceptors (Lipinski definition) is 6. The molecule has 1 heterocycles. The Morgan fingerprint density at radius 1 is 1.23 bits per heavy atom. The molecule has 0 aliphatic heterocycles. The summed E-state index contributed by atoms with van der Waals surface area (Å²) >= 11 is 3.40. The molecule has 0 radical (unpaired) electrons. The molecule has 30 heavy (non-hydrogen) atoms. The second-order valence-electron chi connectivity index (χ2n) is 6.43. The summed E-state index contributed by atoms with van der Waals surface area (Å²) in [4.78, 5) is 29.3. The summed E-state index contributed by atoms with van der Waals surface area (Å²) in [5.41, 5.74) is 1.02. The van der Waals surface area contributed by atoms with Crippen molar-refractivity contribution in [3.05, 3.63) is 68.7 Å². The predicted molar refractivity (Wildman–Crippen MR) is 119 cm³/mol. The number of fused-ring (bicyclic) bond motifs is 1. The van der Waals surface area contributed by atoms with E-state index in [4.69, 9.17) is 9.47 Å². The number of hydrogen-bond donors (Lipinski definition) is 0. The lowest BCUT2D eigenvalue weighted by atomic mass is 10.2. The van der Waals surface area contributed by atoms with Gasteiger partial charge in [0.05, 0.1) is 23.7 Å². The van der Waals surface area contributed by atoms with E-state index in [-0.39, 0.29) is 12.2 Å². The van der Waals surface area contributed by atoms with Crippen molar-refractivity contribution in [3.63, 3.8) is 0 Å². The smallest absolute Gasteiger partial charge is 0.344 e. The molecule has 0 aliphatic rings. The maximum atomic E-state index is 13.1. The zero-order valence-corrected chi connectivity index (χ0v) is 18.4. The first-order valence-corrected chi connectivity index (χ1v) is 10.5. The number of para-hydroxylation sites is 1. The van der Waals surface area contributed by atoms with Crippen LogP contribution in [0.15, 0.2) is 56.8 Å². The van der Waals surface area contributed by atoms with Crippen molar-refractivity contribution in [2.45, 2.75) is 26.7 Å². The van der Waals surface area contributed by atoms with Crippen molar-refractivity contribution in [3.8, 4) is 5.75 Å². The molecule has 1 aromatic heterocycles. The van der Waals surface area contributed by atoms with Crippen LogP contribution < -0.4 is 10.3 Å². The van der Waals surface area contributed by atoms with Crippen LogP contribution >= 0.6 is 15.9 Å². The molecule has 0 unspecified atom stereocenters. The van der Waals surface area contributed by atoms with Gasteiger partial charge in [0.1, 0.15) is 11.6 Å². The Morgan fingerprint density at radius 2 is 2.03 bits per heavy atom. The Hall–Kier alpha value is -3.00. The third kappa shape index (κ3) is 5.13. The van der Waals surface area contributed by atoms with Crippen LogP contribution in [0.4, 0.5) is 0 Å². The molecule has 3 rings (SSSR count). The van der Waals surface area contributed by atoms with E-state index in [1.807, 2.05) is 25.1 Å². The van der Waals surface area contributed by atoms with Gasteiger partial charge in [0, 0.05) is 16.5 Å². The van der Waals surface area contributed by atoms with Gasteiger partial charge < -0.3 is 9.47 Å². The minimum absolute atomic E-state index is 0.203. The Labute approximate surface area is 182 Å². The highest BCUT2D eigenvalue weighted by molar-refractivity contribution is 9.10. The Bertz CT molecular complexity index is 1140. The van der Waals surface area contributed by atoms with Gasteiger partial charge in [0.15, 0.2) is 6.61 Å². The third-order valence-corrected chi connectivity index (χ3v) is 4.72. The van der Waals surface area contributed by atoms with Crippen LogP contribution in [0.2, 0.25) is 0 Å². The maximum absolute atomic E-state index is 13.1. The summed E-state index contributed by atoms with van der Waals surface area (Å²) in [6, 6.07) is 12.5. The molecule has 156 valence electrons. The second kappa shape index (κ2) is 10.2. The van der Waals surface area contributed by atoms with Crippen LogP contribution in [0.5, 0.6) is 5.75 Å². The molecular formula is C22H22BrN3O4. The van der Waals surface area contributed by atoms with Crippen molar-refractivity contribution in [2.75, 3.05) is 13.2 Å². The average Bonchev–Trinajstić information content (AvgIpc) is 2.74. The van der Waals surface area contributed by atoms with E-state index in [9.17, 15) is 9.59 Å². The lowest BCUT2D eigenvalue weighted by molar-refractivity contribution is -0.145. The standard InChI is InChI=1S/C22H22BrN3O4/c1-3-7-20-25-18-11-10-16(23)12-17(18)22(28)26(20)24-13-15-8-5-6-9-19(15)30-14-21(27)29-4-2/h5-6,8-13H,3-4,7,14H2,1-2H3. The Balaban J connectivity index is 1.98. The molecule has 0 aliphatic carbocycles. The first-order valence-electron chi connectivity index (χ1n) is 9.66. The van der Waals surface area contributed by atoms with Gasteiger partial charge in [-0.3, -0.25) is 4.79 Å². The van der Waals surface area contributed by atoms with E-state index in [2.05, 4.69) is 26.0 Å². The molecule has 7 nitrogen and oxygen atoms in total. The zero-order chi connectivity index (χ0) is 21.5. The molecule has 0 atom stereocenters. The number of benzene rings is 2. The molecule has 0 bridgehead atoms. The molecule has 8 heteroatoms. The van der Waals surface area contributed by atoms with Crippen LogP contribution in [-0.2, 0) is 16.0 Å². The summed E-state index contributed by atoms with van der Waals surface area (Å²) in [7, 11) is 0. The molecule has 2 aromatic carbocycles. The van der Waals surface area contributed by atoms with Gasteiger partial charge >= 0.3 is 5.97 Å². The largest absolute Gasteiger partial charge is 0.481 e. The fourth-order valence-corrected chi connectivity index (χ4v) is 3.24. The van der Waals surface area contributed by atoms with Crippen molar-refractivity contribution in [1.82, 2.24) is 9.66 Å². The fourth-order valence-electron chi connectivity index (χ4n) is 2.88. The fraction of sp³-hybridized carbons (Fsp3) is 0.273. The van der Waals surface area contributed by atoms with E-state index in [1.165, 1.54) is 10.9 Å². The predicted octanol–water partition coefficient (Wildman–Crippen LogP) is 3.94. The van der Waals surface area contributed by atoms with Crippen molar-refractivity contribution >= 4 is 39.0 Å². The lowest BCUT2D eigenvalue weighted by Crippen LogP contribution is -2.22. The van der Waals surface area contributed by atoms with E-state index < -0.39 is 5.97 Å². The summed E-state index contributed by atoms with van der Waals surface area (Å²) in [6.45, 7) is 3.84. The SMILES string of the molecule is CCCc1nc2ccc(Br)cc2c(=O)n1N=Cc1ccccc1OCC(=O)OCC. The van der Waals surface area contributed by atoms with E-state index in [1.54, 1.807) is 31.2 Å². The number of halogens is 1. The van der Waals surface area contributed by atoms with Gasteiger partial charge in [-0.25, -0.2) is 9.78 Å². The van der Waals surface area contributed by atoms with Crippen LogP contribution in [0.1, 0.15) is 31.7 Å². The van der Waals surface area contributed by atoms with E-state index in [0.29, 0.717) is 41.1 Å². The normalized spacial score (nSPS) is 11.2. The third-order valence-electron chi connectivity index (χ3n) is 4.23. The highest BCUT2D eigenvalue weighted by Gasteiger charge is 2.11. The minimum Gasteiger partial charge on any atom is -0.481 e. The van der Waals surface area contributed by atoms with Crippen LogP contribution in [-0.4, -0.2) is 35.1 Å². The second-order valence-corrected chi connectivity index (χ2v) is 7.35. The minimum atomic E-state index is -0.449. The number of carbonyl (C=O) groups is 1. The molecule has 0 saturated heterocycles. The molecule has 0 amide bonds. The van der Waals surface area contributed by atoms with Gasteiger partial charge in [-0.1, -0.05) is 35.0 Å². The molecule has 0 spiro atoms. The first-order chi connectivity index (χ1) is 14.5. The van der Waals surface area contributed by atoms with E-state index in [0.717, 1.165) is 10.9 Å². The molecule has 0 saturated carbocycles. The van der Waals surface area contributed by atoms with Gasteiger partial charge in [0.25, 0.3) is 5.56 Å². The topological polar surface area (TPSA) is 82.8 Å². The average molecular weight is 472 g/mol.